The van der Waals surface area contributed by atoms with Crippen molar-refractivity contribution in [2.75, 3.05) is 0 Å². The predicted molar refractivity (Wildman–Crippen MR) is 171 cm³/mol. The average Bonchev–Trinajstić information content (AvgIpc) is 2.88. The van der Waals surface area contributed by atoms with Gasteiger partial charge in [0, 0.05) is 11.1 Å². The van der Waals surface area contributed by atoms with E-state index in [1.54, 1.807) is 0 Å². The Balaban J connectivity index is 1.47. The van der Waals surface area contributed by atoms with E-state index >= 15 is 0 Å². The van der Waals surface area contributed by atoms with Gasteiger partial charge >= 0.3 is 0 Å². The van der Waals surface area contributed by atoms with Crippen LogP contribution in [-0.4, -0.2) is 5.78 Å². The summed E-state index contributed by atoms with van der Waals surface area (Å²) in [5.74, 6) is 0.102. The van der Waals surface area contributed by atoms with Crippen LogP contribution in [0.3, 0.4) is 0 Å². The molecule has 2 aliphatic rings. The fourth-order valence-corrected chi connectivity index (χ4v) is 7.15. The van der Waals surface area contributed by atoms with Crippen LogP contribution in [0.2, 0.25) is 0 Å². The molecule has 0 heterocycles. The average molecular weight is 533 g/mol. The highest BCUT2D eigenvalue weighted by atomic mass is 16.1. The van der Waals surface area contributed by atoms with Gasteiger partial charge < -0.3 is 0 Å². The number of carbonyl (C=O) groups is 1. The number of carbonyl (C=O) groups excluding carboxylic acids is 1. The summed E-state index contributed by atoms with van der Waals surface area (Å²) in [5, 5.41) is 0. The van der Waals surface area contributed by atoms with E-state index in [1.807, 2.05) is 12.1 Å². The lowest BCUT2D eigenvalue weighted by Gasteiger charge is -2.42. The Hall–Kier alpha value is -2.93. The van der Waals surface area contributed by atoms with Crippen LogP contribution in [0, 0.1) is 13.8 Å². The first-order valence-corrected chi connectivity index (χ1v) is 15.1. The summed E-state index contributed by atoms with van der Waals surface area (Å²) < 4.78 is 0. The number of benzene rings is 3. The molecular weight excluding hydrogens is 484 g/mol. The highest BCUT2D eigenvalue weighted by molar-refractivity contribution is 6.10. The molecule has 1 nitrogen and oxygen atoms in total. The number of fused-ring (bicyclic) bond motifs is 2. The molecule has 0 saturated heterocycles. The van der Waals surface area contributed by atoms with E-state index in [4.69, 9.17) is 0 Å². The van der Waals surface area contributed by atoms with Crippen LogP contribution in [-0.2, 0) is 21.7 Å². The molecule has 40 heavy (non-hydrogen) atoms. The second-order valence-electron chi connectivity index (χ2n) is 15.3. The van der Waals surface area contributed by atoms with Gasteiger partial charge in [-0.05, 0) is 117 Å². The summed E-state index contributed by atoms with van der Waals surface area (Å²) in [7, 11) is 0. The van der Waals surface area contributed by atoms with E-state index in [0.29, 0.717) is 0 Å². The SMILES string of the molecule is C=C(c1ccc(C(=O)c2cc3c(cc2C)C(C)(C)CCC3(C)C)cc1)c1cc2c(cc1C)C(C)(C)CCC2(C)C. The minimum Gasteiger partial charge on any atom is -0.289 e. The van der Waals surface area contributed by atoms with Crippen molar-refractivity contribution >= 4 is 11.4 Å². The molecule has 3 aromatic rings. The van der Waals surface area contributed by atoms with Crippen molar-refractivity contribution < 1.29 is 4.79 Å². The summed E-state index contributed by atoms with van der Waals surface area (Å²) in [6, 6.07) is 17.4. The van der Waals surface area contributed by atoms with E-state index < -0.39 is 0 Å². The molecule has 2 aliphatic carbocycles. The van der Waals surface area contributed by atoms with Gasteiger partial charge in [0.25, 0.3) is 0 Å². The Morgan fingerprint density at radius 2 is 0.875 bits per heavy atom. The molecule has 0 saturated carbocycles. The van der Waals surface area contributed by atoms with Crippen molar-refractivity contribution in [2.45, 2.75) is 117 Å². The van der Waals surface area contributed by atoms with Gasteiger partial charge in [0.15, 0.2) is 5.78 Å². The van der Waals surface area contributed by atoms with E-state index in [-0.39, 0.29) is 27.4 Å². The van der Waals surface area contributed by atoms with E-state index in [2.05, 4.69) is 112 Å². The van der Waals surface area contributed by atoms with E-state index in [1.165, 1.54) is 52.6 Å². The summed E-state index contributed by atoms with van der Waals surface area (Å²) in [4.78, 5) is 13.8. The van der Waals surface area contributed by atoms with Gasteiger partial charge in [-0.15, -0.1) is 0 Å². The monoisotopic (exact) mass is 532 g/mol. The predicted octanol–water partition coefficient (Wildman–Crippen LogP) is 10.3. The molecule has 0 atom stereocenters. The van der Waals surface area contributed by atoms with Gasteiger partial charge in [-0.25, -0.2) is 0 Å². The smallest absolute Gasteiger partial charge is 0.193 e. The number of rotatable bonds is 4. The Labute approximate surface area is 243 Å². The van der Waals surface area contributed by atoms with Crippen LogP contribution >= 0.6 is 0 Å². The highest BCUT2D eigenvalue weighted by Crippen LogP contribution is 2.48. The lowest BCUT2D eigenvalue weighted by atomic mass is 9.62. The van der Waals surface area contributed by atoms with Crippen LogP contribution in [0.15, 0.2) is 55.1 Å². The zero-order valence-corrected chi connectivity index (χ0v) is 26.6. The van der Waals surface area contributed by atoms with Crippen molar-refractivity contribution in [1.82, 2.24) is 0 Å². The maximum Gasteiger partial charge on any atom is 0.193 e. The van der Waals surface area contributed by atoms with Crippen LogP contribution in [0.1, 0.15) is 142 Å². The van der Waals surface area contributed by atoms with Crippen LogP contribution < -0.4 is 0 Å². The van der Waals surface area contributed by atoms with E-state index in [9.17, 15) is 4.79 Å². The minimum absolute atomic E-state index is 0.0751. The molecule has 0 amide bonds. The fraction of sp³-hybridized carbons (Fsp3) is 0.462. The Kier molecular flexibility index (Phi) is 6.65. The van der Waals surface area contributed by atoms with Crippen molar-refractivity contribution in [3.05, 3.63) is 111 Å². The number of ketones is 1. The summed E-state index contributed by atoms with van der Waals surface area (Å²) in [6.07, 6.45) is 4.71. The van der Waals surface area contributed by atoms with Crippen LogP contribution in [0.5, 0.6) is 0 Å². The molecule has 0 radical (unpaired) electrons. The number of aryl methyl sites for hydroxylation is 2. The minimum atomic E-state index is 0.0751. The van der Waals surface area contributed by atoms with Gasteiger partial charge in [0.1, 0.15) is 0 Å². The Morgan fingerprint density at radius 3 is 1.30 bits per heavy atom. The van der Waals surface area contributed by atoms with Gasteiger partial charge in [-0.1, -0.05) is 104 Å². The Bertz CT molecular complexity index is 1410. The zero-order chi connectivity index (χ0) is 29.4. The third kappa shape index (κ3) is 4.70. The molecule has 0 fully saturated rings. The quantitative estimate of drug-likeness (QED) is 0.305. The van der Waals surface area contributed by atoms with Crippen molar-refractivity contribution in [2.24, 2.45) is 0 Å². The van der Waals surface area contributed by atoms with Crippen LogP contribution in [0.4, 0.5) is 0 Å². The van der Waals surface area contributed by atoms with Crippen molar-refractivity contribution in [3.63, 3.8) is 0 Å². The summed E-state index contributed by atoms with van der Waals surface area (Å²) in [6.45, 7) is 27.6. The molecule has 5 rings (SSSR count). The fourth-order valence-electron chi connectivity index (χ4n) is 7.15. The van der Waals surface area contributed by atoms with Gasteiger partial charge in [0.2, 0.25) is 0 Å². The number of hydrogen-bond acceptors (Lipinski definition) is 1. The van der Waals surface area contributed by atoms with Crippen molar-refractivity contribution in [1.29, 1.82) is 0 Å². The standard InChI is InChI=1S/C39H48O/c1-24-20-31-33(38(8,9)18-16-36(31,4)5)22-29(24)26(3)27-12-14-28(15-13-27)35(40)30-23-34-32(21-25(30)2)37(6,7)17-19-39(34,10)11/h12-15,20-23H,3,16-19H2,1-2,4-11H3. The van der Waals surface area contributed by atoms with Gasteiger partial charge in [-0.2, -0.15) is 0 Å². The zero-order valence-electron chi connectivity index (χ0n) is 26.6. The summed E-state index contributed by atoms with van der Waals surface area (Å²) >= 11 is 0. The number of hydrogen-bond donors (Lipinski definition) is 0. The maximum absolute atomic E-state index is 13.8. The lowest BCUT2D eigenvalue weighted by molar-refractivity contribution is 0.103. The molecule has 210 valence electrons. The molecule has 0 aliphatic heterocycles. The molecular formula is C39H48O. The molecule has 0 aromatic heterocycles. The first kappa shape index (κ1) is 28.6. The van der Waals surface area contributed by atoms with Gasteiger partial charge in [-0.3, -0.25) is 4.79 Å². The molecule has 3 aromatic carbocycles. The second-order valence-corrected chi connectivity index (χ2v) is 15.3. The second kappa shape index (κ2) is 9.30. The Morgan fingerprint density at radius 1 is 0.550 bits per heavy atom. The normalized spacial score (nSPS) is 19.9. The molecule has 0 bridgehead atoms. The topological polar surface area (TPSA) is 17.1 Å². The third-order valence-corrected chi connectivity index (χ3v) is 10.5. The van der Waals surface area contributed by atoms with Crippen molar-refractivity contribution in [3.8, 4) is 0 Å². The molecule has 0 N–H and O–H groups in total. The van der Waals surface area contributed by atoms with Crippen LogP contribution in [0.25, 0.3) is 5.57 Å². The summed E-state index contributed by atoms with van der Waals surface area (Å²) in [5.41, 5.74) is 13.4. The molecule has 0 unspecified atom stereocenters. The maximum atomic E-state index is 13.8. The molecule has 1 heteroatoms. The van der Waals surface area contributed by atoms with E-state index in [0.717, 1.165) is 34.2 Å². The highest BCUT2D eigenvalue weighted by Gasteiger charge is 2.39. The first-order valence-electron chi connectivity index (χ1n) is 15.1. The molecule has 0 spiro atoms. The van der Waals surface area contributed by atoms with Gasteiger partial charge in [0.05, 0.1) is 0 Å². The third-order valence-electron chi connectivity index (χ3n) is 10.5. The first-order chi connectivity index (χ1) is 18.4. The lowest BCUT2D eigenvalue weighted by Crippen LogP contribution is -2.34. The largest absolute Gasteiger partial charge is 0.289 e.